The summed E-state index contributed by atoms with van der Waals surface area (Å²) in [5, 5.41) is 0.737. The van der Waals surface area contributed by atoms with E-state index >= 15 is 0 Å². The Labute approximate surface area is 84.8 Å². The maximum atomic E-state index is 5.64. The quantitative estimate of drug-likeness (QED) is 0.700. The molecule has 72 valence electrons. The normalized spacial score (nSPS) is 24.0. The summed E-state index contributed by atoms with van der Waals surface area (Å²) < 4.78 is 0. The van der Waals surface area contributed by atoms with E-state index in [0.29, 0.717) is 0 Å². The molecule has 0 saturated carbocycles. The molecule has 0 aromatic rings. The van der Waals surface area contributed by atoms with E-state index in [2.05, 4.69) is 19.1 Å². The lowest BCUT2D eigenvalue weighted by atomic mass is 10.2. The second kappa shape index (κ2) is 5.18. The van der Waals surface area contributed by atoms with Crippen LogP contribution in [0.25, 0.3) is 0 Å². The van der Waals surface area contributed by atoms with Crippen LogP contribution >= 0.6 is 11.8 Å². The Morgan fingerprint density at radius 1 is 1.77 bits per heavy atom. The van der Waals surface area contributed by atoms with E-state index < -0.39 is 0 Å². The Bertz CT molecular complexity index is 251. The highest BCUT2D eigenvalue weighted by Gasteiger charge is 2.12. The fourth-order valence-corrected chi connectivity index (χ4v) is 2.37. The predicted molar refractivity (Wildman–Crippen MR) is 61.5 cm³/mol. The van der Waals surface area contributed by atoms with Gasteiger partial charge in [0, 0.05) is 10.9 Å². The summed E-state index contributed by atoms with van der Waals surface area (Å²) in [5.74, 6) is 0. The topological polar surface area (TPSA) is 26.0 Å². The monoisotopic (exact) mass is 195 g/mol. The number of rotatable bonds is 3. The highest BCUT2D eigenvalue weighted by atomic mass is 32.2. The molecule has 1 aliphatic heterocycles. The van der Waals surface area contributed by atoms with Crippen molar-refractivity contribution in [3.05, 3.63) is 34.9 Å². The summed E-state index contributed by atoms with van der Waals surface area (Å²) in [4.78, 5) is 1.46. The van der Waals surface area contributed by atoms with E-state index in [9.17, 15) is 0 Å². The third-order valence-electron chi connectivity index (χ3n) is 2.06. The number of hydrogen-bond acceptors (Lipinski definition) is 2. The minimum Gasteiger partial charge on any atom is -0.399 e. The van der Waals surface area contributed by atoms with E-state index in [-0.39, 0.29) is 0 Å². The molecule has 1 atom stereocenters. The average molecular weight is 195 g/mol. The van der Waals surface area contributed by atoms with E-state index in [1.165, 1.54) is 11.3 Å². The van der Waals surface area contributed by atoms with Crippen LogP contribution in [-0.2, 0) is 0 Å². The van der Waals surface area contributed by atoms with Crippen molar-refractivity contribution in [2.24, 2.45) is 5.73 Å². The smallest absolute Gasteiger partial charge is 0.0267 e. The van der Waals surface area contributed by atoms with Gasteiger partial charge in [-0.15, -0.1) is 11.8 Å². The van der Waals surface area contributed by atoms with Crippen molar-refractivity contribution in [2.75, 3.05) is 0 Å². The maximum absolute atomic E-state index is 5.64. The zero-order valence-corrected chi connectivity index (χ0v) is 9.10. The van der Waals surface area contributed by atoms with Crippen molar-refractivity contribution >= 4 is 11.8 Å². The zero-order valence-electron chi connectivity index (χ0n) is 8.29. The number of thioether (sulfide) groups is 1. The summed E-state index contributed by atoms with van der Waals surface area (Å²) in [5.41, 5.74) is 6.49. The number of allylic oxidation sites excluding steroid dienone is 5. The van der Waals surface area contributed by atoms with Gasteiger partial charge in [0.1, 0.15) is 0 Å². The lowest BCUT2D eigenvalue weighted by Gasteiger charge is -2.04. The van der Waals surface area contributed by atoms with Gasteiger partial charge in [-0.25, -0.2) is 0 Å². The minimum absolute atomic E-state index is 0.737. The van der Waals surface area contributed by atoms with Crippen LogP contribution in [0, 0.1) is 0 Å². The minimum atomic E-state index is 0.737. The first-order chi connectivity index (χ1) is 6.22. The van der Waals surface area contributed by atoms with Crippen LogP contribution in [0.5, 0.6) is 0 Å². The van der Waals surface area contributed by atoms with Gasteiger partial charge in [-0.3, -0.25) is 0 Å². The number of nitrogens with two attached hydrogens (primary N) is 1. The Morgan fingerprint density at radius 2 is 2.54 bits per heavy atom. The van der Waals surface area contributed by atoms with E-state index in [4.69, 9.17) is 5.73 Å². The molecule has 1 rings (SSSR count). The van der Waals surface area contributed by atoms with E-state index in [0.717, 1.165) is 17.4 Å². The Balaban J connectivity index is 2.25. The first-order valence-electron chi connectivity index (χ1n) is 4.64. The lowest BCUT2D eigenvalue weighted by Crippen LogP contribution is -1.95. The standard InChI is InChI=1S/C11H17NS/c1-3-10(12)5-4-6-11-8-7-9(2)13-11/h3-5,7,11H,6,8,12H2,1-2H3/b5-4-,10-3+. The van der Waals surface area contributed by atoms with E-state index in [1.54, 1.807) is 0 Å². The Morgan fingerprint density at radius 3 is 3.08 bits per heavy atom. The molecule has 0 fully saturated rings. The van der Waals surface area contributed by atoms with Crippen LogP contribution in [-0.4, -0.2) is 5.25 Å². The maximum Gasteiger partial charge on any atom is 0.0267 e. The molecule has 0 spiro atoms. The fourth-order valence-electron chi connectivity index (χ4n) is 1.25. The van der Waals surface area contributed by atoms with Gasteiger partial charge in [-0.2, -0.15) is 0 Å². The van der Waals surface area contributed by atoms with Gasteiger partial charge in [0.05, 0.1) is 0 Å². The molecular formula is C11H17NS. The molecule has 0 aromatic heterocycles. The fraction of sp³-hybridized carbons (Fsp3) is 0.455. The van der Waals surface area contributed by atoms with Gasteiger partial charge in [0.25, 0.3) is 0 Å². The Kier molecular flexibility index (Phi) is 4.16. The summed E-state index contributed by atoms with van der Waals surface area (Å²) in [6.07, 6.45) is 10.7. The molecule has 1 heterocycles. The largest absolute Gasteiger partial charge is 0.399 e. The molecule has 0 amide bonds. The third-order valence-corrected chi connectivity index (χ3v) is 3.32. The van der Waals surface area contributed by atoms with Crippen molar-refractivity contribution in [3.8, 4) is 0 Å². The zero-order chi connectivity index (χ0) is 9.68. The molecule has 0 aliphatic carbocycles. The average Bonchev–Trinajstić information content (AvgIpc) is 2.51. The number of hydrogen-bond donors (Lipinski definition) is 1. The molecule has 1 nitrogen and oxygen atoms in total. The Hall–Kier alpha value is -0.630. The first kappa shape index (κ1) is 10.5. The van der Waals surface area contributed by atoms with Crippen LogP contribution in [0.15, 0.2) is 34.9 Å². The van der Waals surface area contributed by atoms with Crippen molar-refractivity contribution in [1.82, 2.24) is 0 Å². The van der Waals surface area contributed by atoms with Crippen LogP contribution in [0.2, 0.25) is 0 Å². The van der Waals surface area contributed by atoms with Crippen molar-refractivity contribution in [3.63, 3.8) is 0 Å². The van der Waals surface area contributed by atoms with Gasteiger partial charge >= 0.3 is 0 Å². The molecule has 2 heteroatoms. The van der Waals surface area contributed by atoms with E-state index in [1.807, 2.05) is 30.8 Å². The van der Waals surface area contributed by atoms with Gasteiger partial charge < -0.3 is 5.73 Å². The van der Waals surface area contributed by atoms with Crippen LogP contribution in [0.1, 0.15) is 26.7 Å². The van der Waals surface area contributed by atoms with Crippen LogP contribution in [0.3, 0.4) is 0 Å². The predicted octanol–water partition coefficient (Wildman–Crippen LogP) is 3.20. The molecular weight excluding hydrogens is 178 g/mol. The SMILES string of the molecule is C/C=C(N)\C=C/CC1CC=C(C)S1. The highest BCUT2D eigenvalue weighted by molar-refractivity contribution is 8.03. The second-order valence-corrected chi connectivity index (χ2v) is 4.76. The summed E-state index contributed by atoms with van der Waals surface area (Å²) in [6.45, 7) is 4.13. The van der Waals surface area contributed by atoms with Crippen molar-refractivity contribution in [2.45, 2.75) is 31.9 Å². The van der Waals surface area contributed by atoms with Gasteiger partial charge in [-0.1, -0.05) is 18.2 Å². The van der Waals surface area contributed by atoms with Gasteiger partial charge in [0.15, 0.2) is 0 Å². The second-order valence-electron chi connectivity index (χ2n) is 3.22. The molecule has 0 aromatic carbocycles. The molecule has 1 aliphatic rings. The van der Waals surface area contributed by atoms with Crippen molar-refractivity contribution < 1.29 is 0 Å². The molecule has 0 bridgehead atoms. The molecule has 1 unspecified atom stereocenters. The summed E-state index contributed by atoms with van der Waals surface area (Å²) >= 11 is 1.97. The summed E-state index contributed by atoms with van der Waals surface area (Å²) in [7, 11) is 0. The molecule has 0 saturated heterocycles. The third kappa shape index (κ3) is 3.73. The molecule has 13 heavy (non-hydrogen) atoms. The van der Waals surface area contributed by atoms with Gasteiger partial charge in [-0.05, 0) is 37.7 Å². The lowest BCUT2D eigenvalue weighted by molar-refractivity contribution is 0.905. The molecule has 0 radical (unpaired) electrons. The summed E-state index contributed by atoms with van der Waals surface area (Å²) in [6, 6.07) is 0. The first-order valence-corrected chi connectivity index (χ1v) is 5.52. The van der Waals surface area contributed by atoms with Crippen molar-refractivity contribution in [1.29, 1.82) is 0 Å². The molecule has 2 N–H and O–H groups in total. The van der Waals surface area contributed by atoms with Crippen LogP contribution < -0.4 is 5.73 Å². The van der Waals surface area contributed by atoms with Crippen LogP contribution in [0.4, 0.5) is 0 Å². The van der Waals surface area contributed by atoms with Gasteiger partial charge in [0.2, 0.25) is 0 Å². The highest BCUT2D eigenvalue weighted by Crippen LogP contribution is 2.33.